The number of phenolic OH excluding ortho intramolecular Hbond substituents is 2. The Balaban J connectivity index is 0.966. The number of nitrogens with one attached hydrogen (secondary N) is 1. The summed E-state index contributed by atoms with van der Waals surface area (Å²) in [4.78, 5) is 83.6. The van der Waals surface area contributed by atoms with Crippen LogP contribution in [-0.2, 0) is 54.0 Å². The van der Waals surface area contributed by atoms with Gasteiger partial charge in [-0.05, 0) is 25.8 Å². The van der Waals surface area contributed by atoms with Crippen molar-refractivity contribution in [2.45, 2.75) is 101 Å². The van der Waals surface area contributed by atoms with Gasteiger partial charge in [-0.25, -0.2) is 4.79 Å². The number of unbranched alkanes of at least 4 members (excludes halogenated alkanes) is 2. The lowest BCUT2D eigenvalue weighted by Crippen LogP contribution is -2.55. The fraction of sp³-hybridized carbons (Fsp3) is 0.553. The Morgan fingerprint density at radius 3 is 2.41 bits per heavy atom. The highest BCUT2D eigenvalue weighted by molar-refractivity contribution is 6.32. The van der Waals surface area contributed by atoms with Crippen LogP contribution in [0.4, 0.5) is 4.79 Å². The smallest absolute Gasteiger partial charge is 0.409 e. The van der Waals surface area contributed by atoms with Crippen molar-refractivity contribution in [1.82, 2.24) is 19.6 Å². The van der Waals surface area contributed by atoms with Gasteiger partial charge in [-0.1, -0.05) is 18.6 Å². The molecule has 68 heavy (non-hydrogen) atoms. The number of methoxy groups -OCH3 is 2. The van der Waals surface area contributed by atoms with Crippen molar-refractivity contribution in [2.24, 2.45) is 0 Å². The monoisotopic (exact) mass is 947 g/mol. The quantitative estimate of drug-likeness (QED) is 0.0908. The highest BCUT2D eigenvalue weighted by Crippen LogP contribution is 2.53. The molecule has 2 aliphatic carbocycles. The predicted molar refractivity (Wildman–Crippen MR) is 235 cm³/mol. The molecule has 3 fully saturated rings. The number of ketones is 2. The molecular weight excluding hydrogens is 891 g/mol. The summed E-state index contributed by atoms with van der Waals surface area (Å²) in [6.45, 7) is 2.27. The van der Waals surface area contributed by atoms with Crippen molar-refractivity contribution in [3.05, 3.63) is 63.7 Å². The Bertz CT molecular complexity index is 2410. The number of amides is 4. The lowest BCUT2D eigenvalue weighted by atomic mass is 9.71. The molecule has 0 aromatic heterocycles. The van der Waals surface area contributed by atoms with Crippen LogP contribution in [0.1, 0.15) is 89.7 Å². The Morgan fingerprint density at radius 1 is 0.956 bits per heavy atom. The van der Waals surface area contributed by atoms with E-state index in [1.165, 1.54) is 49.3 Å². The van der Waals surface area contributed by atoms with E-state index in [1.807, 2.05) is 6.92 Å². The topological polar surface area (TPSA) is 265 Å². The summed E-state index contributed by atoms with van der Waals surface area (Å²) in [6.07, 6.45) is -1.92. The average Bonchev–Trinajstić information content (AvgIpc) is 3.87. The fourth-order valence-corrected chi connectivity index (χ4v) is 10.0. The third-order valence-corrected chi connectivity index (χ3v) is 13.8. The number of phenols is 2. The van der Waals surface area contributed by atoms with Crippen LogP contribution in [0.2, 0.25) is 0 Å². The number of fused-ring (bicyclic) bond motifs is 6. The first kappa shape index (κ1) is 48.6. The molecule has 21 nitrogen and oxygen atoms in total. The van der Waals surface area contributed by atoms with Gasteiger partial charge < -0.3 is 58.3 Å². The van der Waals surface area contributed by atoms with Crippen LogP contribution in [-0.4, -0.2) is 186 Å². The Hall–Kier alpha value is -5.81. The maximum atomic E-state index is 14.1. The molecule has 0 radical (unpaired) electrons. The number of morpholine rings is 1. The highest BCUT2D eigenvalue weighted by atomic mass is 16.7. The SMILES string of the molecule is COc1cccc2c1C(=N)c1c(O)c3c(c(O)c1C2=O)C[C@@](O)(C(=O)COC(=O)N(C)CCN(C)C(=O)CCCCCN1C(=O)C=CC1=O)C[C@@H]3O[C@H]1C[C@H]2[C@H](O[C@@H]3[C@@H](OC)OCCN32)[C@H](C)O1. The van der Waals surface area contributed by atoms with Gasteiger partial charge in [-0.2, -0.15) is 0 Å². The van der Waals surface area contributed by atoms with Crippen molar-refractivity contribution >= 4 is 41.1 Å². The molecule has 2 aromatic carbocycles. The van der Waals surface area contributed by atoms with E-state index in [0.717, 1.165) is 4.90 Å². The summed E-state index contributed by atoms with van der Waals surface area (Å²) in [5.74, 6) is -3.60. The van der Waals surface area contributed by atoms with Gasteiger partial charge in [0, 0.05) is 108 Å². The number of carbonyl (C=O) groups is 6. The minimum Gasteiger partial charge on any atom is -0.507 e. The molecule has 4 heterocycles. The largest absolute Gasteiger partial charge is 0.507 e. The zero-order valence-corrected chi connectivity index (χ0v) is 38.6. The molecule has 0 unspecified atom stereocenters. The van der Waals surface area contributed by atoms with Crippen molar-refractivity contribution in [1.29, 1.82) is 5.41 Å². The van der Waals surface area contributed by atoms with Gasteiger partial charge in [-0.15, -0.1) is 0 Å². The first-order valence-electron chi connectivity index (χ1n) is 22.7. The molecule has 0 saturated carbocycles. The van der Waals surface area contributed by atoms with E-state index < -0.39 is 96.9 Å². The Labute approximate surface area is 391 Å². The number of nitrogens with zero attached hydrogens (tertiary/aromatic N) is 4. The number of benzene rings is 2. The zero-order valence-electron chi connectivity index (χ0n) is 38.6. The molecule has 4 N–H and O–H groups in total. The van der Waals surface area contributed by atoms with Crippen LogP contribution >= 0.6 is 0 Å². The summed E-state index contributed by atoms with van der Waals surface area (Å²) in [7, 11) is 5.91. The molecule has 3 saturated heterocycles. The third kappa shape index (κ3) is 8.99. The maximum Gasteiger partial charge on any atom is 0.409 e. The second kappa shape index (κ2) is 19.7. The lowest BCUT2D eigenvalue weighted by molar-refractivity contribution is -0.256. The summed E-state index contributed by atoms with van der Waals surface area (Å²) >= 11 is 0. The van der Waals surface area contributed by atoms with E-state index >= 15 is 0 Å². The van der Waals surface area contributed by atoms with Gasteiger partial charge in [0.25, 0.3) is 11.8 Å². The van der Waals surface area contributed by atoms with Crippen molar-refractivity contribution in [3.63, 3.8) is 0 Å². The number of aromatic hydroxyl groups is 2. The third-order valence-electron chi connectivity index (χ3n) is 13.8. The molecule has 4 aliphatic heterocycles. The highest BCUT2D eigenvalue weighted by Gasteiger charge is 2.55. The number of carbonyl (C=O) groups excluding carboxylic acids is 6. The number of imide groups is 1. The number of aliphatic hydroxyl groups is 1. The van der Waals surface area contributed by atoms with E-state index in [9.17, 15) is 49.5 Å². The van der Waals surface area contributed by atoms with Gasteiger partial charge in [0.1, 0.15) is 29.0 Å². The van der Waals surface area contributed by atoms with Crippen LogP contribution in [0.15, 0.2) is 30.4 Å². The van der Waals surface area contributed by atoms with E-state index in [1.54, 1.807) is 19.2 Å². The molecule has 21 heteroatoms. The van der Waals surface area contributed by atoms with E-state index in [-0.39, 0.29) is 95.5 Å². The van der Waals surface area contributed by atoms with Gasteiger partial charge in [0.15, 0.2) is 31.2 Å². The average molecular weight is 948 g/mol. The fourth-order valence-electron chi connectivity index (χ4n) is 10.0. The van der Waals surface area contributed by atoms with Crippen LogP contribution in [0.3, 0.4) is 0 Å². The predicted octanol–water partition coefficient (Wildman–Crippen LogP) is 1.92. The van der Waals surface area contributed by atoms with Gasteiger partial charge in [0.2, 0.25) is 11.7 Å². The van der Waals surface area contributed by atoms with Crippen molar-refractivity contribution in [2.75, 3.05) is 67.7 Å². The van der Waals surface area contributed by atoms with E-state index in [4.69, 9.17) is 33.2 Å². The van der Waals surface area contributed by atoms with Gasteiger partial charge in [-0.3, -0.25) is 39.2 Å². The molecule has 4 amide bonds. The molecule has 8 rings (SSSR count). The summed E-state index contributed by atoms with van der Waals surface area (Å²) < 4.78 is 41.4. The second-order valence-corrected chi connectivity index (χ2v) is 17.9. The number of hydrogen-bond acceptors (Lipinski definition) is 18. The number of Topliss-reactive ketones (excluding diaryl/α,β-unsaturated/α-hetero) is 1. The van der Waals surface area contributed by atoms with Gasteiger partial charge in [0.05, 0.1) is 48.3 Å². The van der Waals surface area contributed by atoms with Crippen LogP contribution in [0.25, 0.3) is 0 Å². The first-order valence-corrected chi connectivity index (χ1v) is 22.7. The van der Waals surface area contributed by atoms with Crippen LogP contribution < -0.4 is 4.74 Å². The van der Waals surface area contributed by atoms with Gasteiger partial charge >= 0.3 is 6.09 Å². The molecular formula is C47H57N5O16. The normalized spacial score (nSPS) is 27.3. The minimum atomic E-state index is -2.38. The van der Waals surface area contributed by atoms with E-state index in [2.05, 4.69) is 4.90 Å². The van der Waals surface area contributed by atoms with Crippen LogP contribution in [0.5, 0.6) is 17.2 Å². The number of rotatable bonds is 16. The van der Waals surface area contributed by atoms with Crippen molar-refractivity contribution in [3.8, 4) is 17.2 Å². The zero-order chi connectivity index (χ0) is 48.8. The lowest BCUT2D eigenvalue weighted by Gasteiger charge is -2.43. The Morgan fingerprint density at radius 2 is 1.69 bits per heavy atom. The first-order chi connectivity index (χ1) is 32.5. The number of likely N-dealkylation sites (N-methyl/N-ethyl adjacent to an activating group) is 2. The minimum absolute atomic E-state index is 0.0359. The molecule has 0 bridgehead atoms. The molecule has 2 aromatic rings. The van der Waals surface area contributed by atoms with Crippen molar-refractivity contribution < 1.29 is 77.2 Å². The second-order valence-electron chi connectivity index (χ2n) is 17.9. The molecule has 8 atom stereocenters. The molecule has 366 valence electrons. The van der Waals surface area contributed by atoms with Crippen LogP contribution in [0, 0.1) is 5.41 Å². The Kier molecular flexibility index (Phi) is 14.1. The van der Waals surface area contributed by atoms with E-state index in [0.29, 0.717) is 32.4 Å². The maximum absolute atomic E-state index is 14.1. The number of hydrogen-bond donors (Lipinski definition) is 4. The summed E-state index contributed by atoms with van der Waals surface area (Å²) in [6, 6.07) is 4.35. The summed E-state index contributed by atoms with van der Waals surface area (Å²) in [5.41, 5.74) is -3.44. The molecule has 0 spiro atoms. The molecule has 6 aliphatic rings. The standard InChI is InChI=1S/C47H57N5O16/c1-24-43-27(51-18-19-64-45(63-5)44(51)68-43)20-34(66-24)67-29-22-47(61,21-26-36(29)42(59)37-38(41(26)58)40(57)25-10-9-11-28(62-4)35(25)39(37)48)30(53)23-65-46(60)50(3)17-16-49(2)31(54)12-7-6-8-15-52-32(55)13-14-33(52)56/h9-11,13-14,24,27,29,34,43-45,48,58-59,61H,6-8,12,15-23H2,1-5H3/t24-,27-,29-,34-,43+,44+,45-,47-/m0/s1. The number of ether oxygens (including phenoxy) is 7. The summed E-state index contributed by atoms with van der Waals surface area (Å²) in [5, 5.41) is 45.7.